The maximum absolute atomic E-state index is 11.0. The molecule has 1 fully saturated rings. The first-order valence-corrected chi connectivity index (χ1v) is 6.27. The minimum atomic E-state index is -0.375. The number of ether oxygens (including phenoxy) is 1. The predicted octanol–water partition coefficient (Wildman–Crippen LogP) is 3.21. The van der Waals surface area contributed by atoms with Crippen molar-refractivity contribution in [3.63, 3.8) is 0 Å². The number of methoxy groups -OCH3 is 1. The minimum Gasteiger partial charge on any atom is -0.496 e. The van der Waals surface area contributed by atoms with Gasteiger partial charge in [0.1, 0.15) is 11.4 Å². The summed E-state index contributed by atoms with van der Waals surface area (Å²) in [5, 5.41) is 14.2. The lowest BCUT2D eigenvalue weighted by molar-refractivity contribution is -0.384. The van der Waals surface area contributed by atoms with E-state index in [1.807, 2.05) is 0 Å². The van der Waals surface area contributed by atoms with Crippen molar-refractivity contribution in [2.24, 2.45) is 5.92 Å². The van der Waals surface area contributed by atoms with E-state index in [0.717, 1.165) is 6.54 Å². The maximum Gasteiger partial charge on any atom is 0.296 e. The molecule has 0 amide bonds. The molecule has 0 heterocycles. The van der Waals surface area contributed by atoms with Crippen LogP contribution in [0, 0.1) is 16.0 Å². The van der Waals surface area contributed by atoms with E-state index in [4.69, 9.17) is 4.74 Å². The van der Waals surface area contributed by atoms with Gasteiger partial charge in [-0.3, -0.25) is 10.1 Å². The van der Waals surface area contributed by atoms with Gasteiger partial charge in [0.25, 0.3) is 5.69 Å². The molecule has 5 nitrogen and oxygen atoms in total. The zero-order valence-corrected chi connectivity index (χ0v) is 10.5. The molecule has 0 unspecified atom stereocenters. The lowest BCUT2D eigenvalue weighted by atomic mass is 10.1. The topological polar surface area (TPSA) is 64.4 Å². The summed E-state index contributed by atoms with van der Waals surface area (Å²) >= 11 is 0. The summed E-state index contributed by atoms with van der Waals surface area (Å²) in [4.78, 5) is 10.6. The predicted molar refractivity (Wildman–Crippen MR) is 70.1 cm³/mol. The Labute approximate surface area is 106 Å². The van der Waals surface area contributed by atoms with Crippen LogP contribution in [-0.2, 0) is 0 Å². The normalized spacial score (nSPS) is 15.6. The number of hydrogen-bond acceptors (Lipinski definition) is 4. The Hall–Kier alpha value is -1.78. The molecule has 0 saturated heterocycles. The number of nitrogens with one attached hydrogen (secondary N) is 1. The quantitative estimate of drug-likeness (QED) is 0.643. The first kappa shape index (κ1) is 12.7. The molecule has 1 saturated carbocycles. The molecule has 0 atom stereocenters. The summed E-state index contributed by atoms with van der Waals surface area (Å²) in [7, 11) is 1.50. The molecule has 2 rings (SSSR count). The van der Waals surface area contributed by atoms with E-state index >= 15 is 0 Å². The van der Waals surface area contributed by atoms with Crippen molar-refractivity contribution in [2.45, 2.75) is 25.7 Å². The van der Waals surface area contributed by atoms with Gasteiger partial charge in [0, 0.05) is 6.54 Å². The van der Waals surface area contributed by atoms with Crippen LogP contribution in [0.15, 0.2) is 18.2 Å². The van der Waals surface area contributed by atoms with E-state index in [1.54, 1.807) is 12.1 Å². The Bertz CT molecular complexity index is 428. The van der Waals surface area contributed by atoms with Crippen LogP contribution >= 0.6 is 0 Å². The van der Waals surface area contributed by atoms with Crippen LogP contribution in [0.2, 0.25) is 0 Å². The van der Waals surface area contributed by atoms with E-state index < -0.39 is 0 Å². The molecular weight excluding hydrogens is 232 g/mol. The van der Waals surface area contributed by atoms with Gasteiger partial charge in [-0.05, 0) is 30.9 Å². The molecule has 1 aliphatic carbocycles. The number of nitrogens with zero attached hydrogens (tertiary/aromatic N) is 1. The highest BCUT2D eigenvalue weighted by atomic mass is 16.6. The smallest absolute Gasteiger partial charge is 0.296 e. The Morgan fingerprint density at radius 2 is 2.17 bits per heavy atom. The number of hydrogen-bond donors (Lipinski definition) is 1. The van der Waals surface area contributed by atoms with E-state index in [1.165, 1.54) is 38.9 Å². The Balaban J connectivity index is 2.08. The molecule has 0 radical (unpaired) electrons. The molecule has 5 heteroatoms. The second-order valence-corrected chi connectivity index (χ2v) is 4.67. The van der Waals surface area contributed by atoms with Crippen LogP contribution in [0.25, 0.3) is 0 Å². The number of rotatable bonds is 5. The molecule has 1 aliphatic rings. The second kappa shape index (κ2) is 5.71. The third-order valence-corrected chi connectivity index (χ3v) is 3.46. The Morgan fingerprint density at radius 1 is 1.44 bits per heavy atom. The van der Waals surface area contributed by atoms with E-state index in [-0.39, 0.29) is 10.6 Å². The van der Waals surface area contributed by atoms with Gasteiger partial charge >= 0.3 is 0 Å². The van der Waals surface area contributed by atoms with Crippen molar-refractivity contribution >= 4 is 11.4 Å². The first-order valence-electron chi connectivity index (χ1n) is 6.27. The zero-order chi connectivity index (χ0) is 13.0. The van der Waals surface area contributed by atoms with Gasteiger partial charge in [0.15, 0.2) is 0 Å². The largest absolute Gasteiger partial charge is 0.496 e. The number of benzene rings is 1. The molecule has 0 bridgehead atoms. The lowest BCUT2D eigenvalue weighted by Gasteiger charge is -2.12. The summed E-state index contributed by atoms with van der Waals surface area (Å²) < 4.78 is 5.01. The van der Waals surface area contributed by atoms with Gasteiger partial charge in [0.2, 0.25) is 0 Å². The van der Waals surface area contributed by atoms with Crippen molar-refractivity contribution in [3.8, 4) is 5.75 Å². The standard InChI is InChI=1S/C13H18N2O3/c1-18-11-6-7-12(13(8-11)15(16)17)14-9-10-4-2-3-5-10/h6-8,10,14H,2-5,9H2,1H3. The summed E-state index contributed by atoms with van der Waals surface area (Å²) in [6.45, 7) is 0.813. The van der Waals surface area contributed by atoms with Crippen molar-refractivity contribution in [1.82, 2.24) is 0 Å². The van der Waals surface area contributed by atoms with Crippen molar-refractivity contribution < 1.29 is 9.66 Å². The Kier molecular flexibility index (Phi) is 4.02. The van der Waals surface area contributed by atoms with Gasteiger partial charge in [-0.2, -0.15) is 0 Å². The molecule has 0 spiro atoms. The van der Waals surface area contributed by atoms with Crippen molar-refractivity contribution in [1.29, 1.82) is 0 Å². The third kappa shape index (κ3) is 2.91. The highest BCUT2D eigenvalue weighted by Crippen LogP contribution is 2.30. The van der Waals surface area contributed by atoms with Crippen LogP contribution in [-0.4, -0.2) is 18.6 Å². The highest BCUT2D eigenvalue weighted by Gasteiger charge is 2.18. The fourth-order valence-electron chi connectivity index (χ4n) is 2.41. The van der Waals surface area contributed by atoms with Gasteiger partial charge in [-0.15, -0.1) is 0 Å². The molecule has 0 aromatic heterocycles. The van der Waals surface area contributed by atoms with E-state index in [0.29, 0.717) is 17.4 Å². The van der Waals surface area contributed by atoms with Crippen molar-refractivity contribution in [2.75, 3.05) is 19.0 Å². The molecule has 1 aromatic carbocycles. The monoisotopic (exact) mass is 250 g/mol. The molecule has 18 heavy (non-hydrogen) atoms. The average molecular weight is 250 g/mol. The van der Waals surface area contributed by atoms with Crippen molar-refractivity contribution in [3.05, 3.63) is 28.3 Å². The van der Waals surface area contributed by atoms with E-state index in [2.05, 4.69) is 5.32 Å². The zero-order valence-electron chi connectivity index (χ0n) is 10.5. The summed E-state index contributed by atoms with van der Waals surface area (Å²) in [5.74, 6) is 1.15. The summed E-state index contributed by atoms with van der Waals surface area (Å²) in [5.41, 5.74) is 0.653. The Morgan fingerprint density at radius 3 is 2.78 bits per heavy atom. The van der Waals surface area contributed by atoms with Crippen LogP contribution in [0.4, 0.5) is 11.4 Å². The number of nitro benzene ring substituents is 1. The van der Waals surface area contributed by atoms with Crippen LogP contribution < -0.4 is 10.1 Å². The number of anilines is 1. The molecule has 0 aliphatic heterocycles. The van der Waals surface area contributed by atoms with Gasteiger partial charge < -0.3 is 10.1 Å². The van der Waals surface area contributed by atoms with Gasteiger partial charge in [-0.1, -0.05) is 12.8 Å². The van der Waals surface area contributed by atoms with Gasteiger partial charge in [0.05, 0.1) is 18.1 Å². The second-order valence-electron chi connectivity index (χ2n) is 4.67. The average Bonchev–Trinajstić information content (AvgIpc) is 2.89. The van der Waals surface area contributed by atoms with Crippen LogP contribution in [0.5, 0.6) is 5.75 Å². The third-order valence-electron chi connectivity index (χ3n) is 3.46. The molecule has 98 valence electrons. The lowest BCUT2D eigenvalue weighted by Crippen LogP contribution is -2.12. The first-order chi connectivity index (χ1) is 8.70. The van der Waals surface area contributed by atoms with Crippen LogP contribution in [0.1, 0.15) is 25.7 Å². The fraction of sp³-hybridized carbons (Fsp3) is 0.538. The number of nitro groups is 1. The van der Waals surface area contributed by atoms with Gasteiger partial charge in [-0.25, -0.2) is 0 Å². The fourth-order valence-corrected chi connectivity index (χ4v) is 2.41. The maximum atomic E-state index is 11.0. The summed E-state index contributed by atoms with van der Waals surface area (Å²) in [6.07, 6.45) is 4.99. The molecule has 1 N–H and O–H groups in total. The van der Waals surface area contributed by atoms with Crippen LogP contribution in [0.3, 0.4) is 0 Å². The SMILES string of the molecule is COc1ccc(NCC2CCCC2)c([N+](=O)[O-])c1. The molecular formula is C13H18N2O3. The van der Waals surface area contributed by atoms with E-state index in [9.17, 15) is 10.1 Å². The highest BCUT2D eigenvalue weighted by molar-refractivity contribution is 5.63. The summed E-state index contributed by atoms with van der Waals surface area (Å²) in [6, 6.07) is 4.91. The molecule has 1 aromatic rings. The minimum absolute atomic E-state index is 0.0762.